The molecule has 0 spiro atoms. The van der Waals surface area contributed by atoms with Crippen molar-refractivity contribution >= 4 is 22.7 Å². The Morgan fingerprint density at radius 2 is 1.93 bits per heavy atom. The summed E-state index contributed by atoms with van der Waals surface area (Å²) < 4.78 is 7.48. The summed E-state index contributed by atoms with van der Waals surface area (Å²) in [5.74, 6) is 1.45. The second-order valence-electron chi connectivity index (χ2n) is 6.57. The van der Waals surface area contributed by atoms with Gasteiger partial charge in [-0.1, -0.05) is 30.8 Å². The van der Waals surface area contributed by atoms with E-state index < -0.39 is 0 Å². The van der Waals surface area contributed by atoms with E-state index in [2.05, 4.69) is 26.7 Å². The van der Waals surface area contributed by atoms with Gasteiger partial charge in [-0.2, -0.15) is 0 Å². The van der Waals surface area contributed by atoms with Crippen LogP contribution in [-0.4, -0.2) is 19.7 Å². The number of aryl methyl sites for hydroxylation is 1. The lowest BCUT2D eigenvalue weighted by Crippen LogP contribution is -2.03. The molecule has 0 radical (unpaired) electrons. The van der Waals surface area contributed by atoms with Gasteiger partial charge in [0, 0.05) is 41.7 Å². The number of thioether (sulfide) groups is 1. The van der Waals surface area contributed by atoms with E-state index in [1.165, 1.54) is 0 Å². The lowest BCUT2D eigenvalue weighted by Gasteiger charge is -2.09. The average Bonchev–Trinajstić information content (AvgIpc) is 3.09. The molecule has 0 saturated heterocycles. The van der Waals surface area contributed by atoms with Crippen molar-refractivity contribution in [3.05, 3.63) is 70.3 Å². The van der Waals surface area contributed by atoms with Gasteiger partial charge in [-0.3, -0.25) is 4.98 Å². The van der Waals surface area contributed by atoms with Gasteiger partial charge in [-0.05, 0) is 42.7 Å². The van der Waals surface area contributed by atoms with Crippen LogP contribution in [0, 0.1) is 6.92 Å². The van der Waals surface area contributed by atoms with Crippen molar-refractivity contribution in [2.45, 2.75) is 37.7 Å². The zero-order chi connectivity index (χ0) is 19.5. The first-order valence-corrected chi connectivity index (χ1v) is 10.1. The highest BCUT2D eigenvalue weighted by Crippen LogP contribution is 2.29. The third kappa shape index (κ3) is 3.71. The fraction of sp³-hybridized carbons (Fsp3) is 0.238. The summed E-state index contributed by atoms with van der Waals surface area (Å²) in [6.45, 7) is 4.93. The molecule has 0 saturated carbocycles. The lowest BCUT2D eigenvalue weighted by atomic mass is 10.1. The molecular formula is C21H20N4O2S. The minimum absolute atomic E-state index is 0.332. The number of benzene rings is 1. The molecule has 0 aliphatic carbocycles. The second-order valence-corrected chi connectivity index (χ2v) is 7.52. The zero-order valence-electron chi connectivity index (χ0n) is 15.8. The second kappa shape index (κ2) is 7.98. The molecule has 3 heterocycles. The van der Waals surface area contributed by atoms with Crippen LogP contribution in [0.1, 0.15) is 24.5 Å². The molecule has 0 atom stereocenters. The topological polar surface area (TPSA) is 73.8 Å². The number of hydrogen-bond donors (Lipinski definition) is 0. The Hall–Kier alpha value is -2.93. The summed E-state index contributed by atoms with van der Waals surface area (Å²) in [5.41, 5.74) is 3.28. The fourth-order valence-electron chi connectivity index (χ4n) is 3.13. The third-order valence-corrected chi connectivity index (χ3v) is 5.46. The van der Waals surface area contributed by atoms with Crippen LogP contribution in [0.15, 0.2) is 63.2 Å². The van der Waals surface area contributed by atoms with Crippen molar-refractivity contribution in [3.8, 4) is 11.4 Å². The number of fused-ring (bicyclic) bond motifs is 1. The summed E-state index contributed by atoms with van der Waals surface area (Å²) in [5, 5.41) is 10.6. The summed E-state index contributed by atoms with van der Waals surface area (Å²) >= 11 is 1.58. The molecule has 1 aromatic carbocycles. The molecule has 7 heteroatoms. The minimum atomic E-state index is -0.332. The first-order valence-electron chi connectivity index (χ1n) is 9.15. The smallest absolute Gasteiger partial charge is 0.336 e. The van der Waals surface area contributed by atoms with E-state index in [4.69, 9.17) is 4.42 Å². The van der Waals surface area contributed by atoms with Crippen LogP contribution in [0.4, 0.5) is 0 Å². The third-order valence-electron chi connectivity index (χ3n) is 4.45. The number of rotatable bonds is 6. The van der Waals surface area contributed by atoms with Crippen LogP contribution in [0.25, 0.3) is 22.4 Å². The number of aromatic nitrogens is 4. The highest BCUT2D eigenvalue weighted by Gasteiger charge is 2.15. The van der Waals surface area contributed by atoms with Gasteiger partial charge >= 0.3 is 5.63 Å². The van der Waals surface area contributed by atoms with E-state index in [-0.39, 0.29) is 5.63 Å². The Balaban J connectivity index is 1.67. The highest BCUT2D eigenvalue weighted by molar-refractivity contribution is 7.98. The van der Waals surface area contributed by atoms with Crippen LogP contribution in [-0.2, 0) is 12.3 Å². The van der Waals surface area contributed by atoms with Crippen LogP contribution in [0.2, 0.25) is 0 Å². The summed E-state index contributed by atoms with van der Waals surface area (Å²) in [6, 6.07) is 11.4. The van der Waals surface area contributed by atoms with E-state index in [1.54, 1.807) is 30.2 Å². The van der Waals surface area contributed by atoms with Gasteiger partial charge in [0.2, 0.25) is 0 Å². The molecule has 142 valence electrons. The van der Waals surface area contributed by atoms with Crippen LogP contribution >= 0.6 is 11.8 Å². The largest absolute Gasteiger partial charge is 0.423 e. The van der Waals surface area contributed by atoms with E-state index in [0.29, 0.717) is 11.3 Å². The number of hydrogen-bond acceptors (Lipinski definition) is 6. The van der Waals surface area contributed by atoms with Gasteiger partial charge in [0.1, 0.15) is 5.58 Å². The molecule has 4 rings (SSSR count). The molecule has 6 nitrogen and oxygen atoms in total. The van der Waals surface area contributed by atoms with Gasteiger partial charge in [0.25, 0.3) is 0 Å². The lowest BCUT2D eigenvalue weighted by molar-refractivity contribution is 0.559. The number of nitrogens with zero attached hydrogens (tertiary/aromatic N) is 4. The maximum absolute atomic E-state index is 12.0. The van der Waals surface area contributed by atoms with Crippen molar-refractivity contribution in [1.29, 1.82) is 0 Å². The Morgan fingerprint density at radius 1 is 1.11 bits per heavy atom. The maximum Gasteiger partial charge on any atom is 0.336 e. The van der Waals surface area contributed by atoms with Gasteiger partial charge in [-0.25, -0.2) is 4.79 Å². The van der Waals surface area contributed by atoms with Gasteiger partial charge in [0.05, 0.1) is 0 Å². The predicted molar refractivity (Wildman–Crippen MR) is 110 cm³/mol. The molecule has 0 N–H and O–H groups in total. The normalized spacial score (nSPS) is 11.2. The minimum Gasteiger partial charge on any atom is -0.423 e. The molecule has 0 fully saturated rings. The SMILES string of the molecule is CCCn1c(SCc2cc(=O)oc3cc(C)ccc23)nnc1-c1ccncc1. The van der Waals surface area contributed by atoms with Crippen molar-refractivity contribution < 1.29 is 4.42 Å². The fourth-order valence-corrected chi connectivity index (χ4v) is 4.09. The van der Waals surface area contributed by atoms with Crippen molar-refractivity contribution in [1.82, 2.24) is 19.7 Å². The molecule has 28 heavy (non-hydrogen) atoms. The maximum atomic E-state index is 12.0. The Morgan fingerprint density at radius 3 is 2.71 bits per heavy atom. The van der Waals surface area contributed by atoms with Gasteiger partial charge in [-0.15, -0.1) is 10.2 Å². The van der Waals surface area contributed by atoms with Crippen LogP contribution in [0.3, 0.4) is 0 Å². The predicted octanol–water partition coefficient (Wildman–Crippen LogP) is 4.46. The van der Waals surface area contributed by atoms with Gasteiger partial charge in [0.15, 0.2) is 11.0 Å². The molecule has 3 aromatic heterocycles. The summed E-state index contributed by atoms with van der Waals surface area (Å²) in [4.78, 5) is 16.0. The Kier molecular flexibility index (Phi) is 5.25. The molecule has 0 aliphatic rings. The first-order chi connectivity index (χ1) is 13.7. The van der Waals surface area contributed by atoms with Crippen molar-refractivity contribution in [2.24, 2.45) is 0 Å². The van der Waals surface area contributed by atoms with E-state index in [1.807, 2.05) is 37.3 Å². The molecule has 0 aliphatic heterocycles. The van der Waals surface area contributed by atoms with Crippen molar-refractivity contribution in [3.63, 3.8) is 0 Å². The molecule has 0 bridgehead atoms. The summed E-state index contributed by atoms with van der Waals surface area (Å²) in [6.07, 6.45) is 4.48. The van der Waals surface area contributed by atoms with E-state index in [0.717, 1.165) is 46.0 Å². The molecular weight excluding hydrogens is 372 g/mol. The standard InChI is InChI=1S/C21H20N4O2S/c1-3-10-25-20(15-6-8-22-9-7-15)23-24-21(25)28-13-16-12-19(26)27-18-11-14(2)4-5-17(16)18/h4-9,11-12H,3,10,13H2,1-2H3. The Labute approximate surface area is 166 Å². The quantitative estimate of drug-likeness (QED) is 0.356. The number of pyridine rings is 1. The molecule has 4 aromatic rings. The van der Waals surface area contributed by atoms with Crippen LogP contribution < -0.4 is 5.63 Å². The van der Waals surface area contributed by atoms with E-state index in [9.17, 15) is 4.79 Å². The molecule has 0 unspecified atom stereocenters. The van der Waals surface area contributed by atoms with Crippen molar-refractivity contribution in [2.75, 3.05) is 0 Å². The summed E-state index contributed by atoms with van der Waals surface area (Å²) in [7, 11) is 0. The van der Waals surface area contributed by atoms with Crippen LogP contribution in [0.5, 0.6) is 0 Å². The average molecular weight is 392 g/mol. The van der Waals surface area contributed by atoms with E-state index >= 15 is 0 Å². The first kappa shape index (κ1) is 18.4. The molecule has 0 amide bonds. The highest BCUT2D eigenvalue weighted by atomic mass is 32.2. The zero-order valence-corrected chi connectivity index (χ0v) is 16.6. The monoisotopic (exact) mass is 392 g/mol. The Bertz CT molecular complexity index is 1170. The van der Waals surface area contributed by atoms with Gasteiger partial charge < -0.3 is 8.98 Å².